The van der Waals surface area contributed by atoms with E-state index >= 15 is 0 Å². The summed E-state index contributed by atoms with van der Waals surface area (Å²) in [4.78, 5) is 0. The minimum atomic E-state index is -0.446. The summed E-state index contributed by atoms with van der Waals surface area (Å²) in [5.74, 6) is 0. The number of nitrogens with two attached hydrogens (primary N) is 2. The van der Waals surface area contributed by atoms with Gasteiger partial charge in [0.05, 0.1) is 17.6 Å². The van der Waals surface area contributed by atoms with Crippen LogP contribution in [0.25, 0.3) is 11.1 Å². The fourth-order valence-corrected chi connectivity index (χ4v) is 4.00. The van der Waals surface area contributed by atoms with Crippen LogP contribution in [0.15, 0.2) is 36.4 Å². The number of rotatable bonds is 4. The van der Waals surface area contributed by atoms with Gasteiger partial charge in [-0.25, -0.2) is 0 Å². The van der Waals surface area contributed by atoms with E-state index < -0.39 is 5.41 Å². The first kappa shape index (κ1) is 15.8. The molecule has 0 bridgehead atoms. The molecule has 0 fully saturated rings. The zero-order valence-electron chi connectivity index (χ0n) is 14.1. The van der Waals surface area contributed by atoms with Crippen molar-refractivity contribution in [2.75, 3.05) is 25.7 Å². The van der Waals surface area contributed by atoms with Crippen LogP contribution in [0.5, 0.6) is 0 Å². The minimum absolute atomic E-state index is 0.0963. The molecule has 3 rings (SSSR count). The Morgan fingerprint density at radius 2 is 1.17 bits per heavy atom. The fraction of sp³-hybridized carbons (Fsp3) is 0.368. The summed E-state index contributed by atoms with van der Waals surface area (Å²) in [6, 6.07) is 12.1. The predicted octanol–water partition coefficient (Wildman–Crippen LogP) is 3.19. The van der Waals surface area contributed by atoms with Crippen LogP contribution in [0.4, 0.5) is 11.4 Å². The van der Waals surface area contributed by atoms with Crippen LogP contribution in [-0.4, -0.2) is 26.4 Å². The molecule has 4 nitrogen and oxygen atoms in total. The Kier molecular flexibility index (Phi) is 3.82. The molecule has 2 aromatic rings. The molecule has 2 atom stereocenters. The van der Waals surface area contributed by atoms with E-state index in [0.717, 1.165) is 22.5 Å². The molecule has 0 radical (unpaired) electrons. The van der Waals surface area contributed by atoms with Crippen LogP contribution >= 0.6 is 0 Å². The predicted molar refractivity (Wildman–Crippen MR) is 94.4 cm³/mol. The van der Waals surface area contributed by atoms with Gasteiger partial charge >= 0.3 is 0 Å². The van der Waals surface area contributed by atoms with Gasteiger partial charge in [-0.15, -0.1) is 0 Å². The molecule has 2 aromatic carbocycles. The van der Waals surface area contributed by atoms with Crippen molar-refractivity contribution < 1.29 is 9.47 Å². The first-order valence-electron chi connectivity index (χ1n) is 7.82. The van der Waals surface area contributed by atoms with Crippen LogP contribution in [0.1, 0.15) is 25.0 Å². The van der Waals surface area contributed by atoms with Crippen molar-refractivity contribution in [3.63, 3.8) is 0 Å². The number of methoxy groups -OCH3 is 2. The Morgan fingerprint density at radius 3 is 1.52 bits per heavy atom. The van der Waals surface area contributed by atoms with Gasteiger partial charge in [0.15, 0.2) is 0 Å². The molecule has 2 unspecified atom stereocenters. The number of ether oxygens (including phenoxy) is 2. The van der Waals surface area contributed by atoms with Gasteiger partial charge in [-0.2, -0.15) is 0 Å². The zero-order valence-corrected chi connectivity index (χ0v) is 14.1. The Morgan fingerprint density at radius 1 is 0.783 bits per heavy atom. The average Bonchev–Trinajstić information content (AvgIpc) is 2.83. The first-order chi connectivity index (χ1) is 11.0. The van der Waals surface area contributed by atoms with Crippen molar-refractivity contribution in [3.8, 4) is 11.1 Å². The van der Waals surface area contributed by atoms with Gasteiger partial charge in [0.2, 0.25) is 0 Å². The quantitative estimate of drug-likeness (QED) is 0.851. The highest BCUT2D eigenvalue weighted by Gasteiger charge is 2.51. The molecule has 0 spiro atoms. The van der Waals surface area contributed by atoms with Crippen molar-refractivity contribution in [1.82, 2.24) is 0 Å². The SMILES string of the molecule is COC(C)C1(C(C)OC)c2cc(N)ccc2-c2ccc(N)cc21. The maximum Gasteiger partial charge on any atom is 0.0733 e. The van der Waals surface area contributed by atoms with E-state index in [9.17, 15) is 0 Å². The van der Waals surface area contributed by atoms with E-state index in [4.69, 9.17) is 20.9 Å². The van der Waals surface area contributed by atoms with Crippen molar-refractivity contribution in [2.24, 2.45) is 0 Å². The van der Waals surface area contributed by atoms with Crippen molar-refractivity contribution in [2.45, 2.75) is 31.5 Å². The van der Waals surface area contributed by atoms with Gasteiger partial charge in [-0.3, -0.25) is 0 Å². The lowest BCUT2D eigenvalue weighted by molar-refractivity contribution is -0.0204. The molecule has 0 heterocycles. The smallest absolute Gasteiger partial charge is 0.0733 e. The Labute approximate surface area is 137 Å². The molecule has 0 aromatic heterocycles. The topological polar surface area (TPSA) is 70.5 Å². The van der Waals surface area contributed by atoms with Crippen LogP contribution in [0.3, 0.4) is 0 Å². The summed E-state index contributed by atoms with van der Waals surface area (Å²) in [5, 5.41) is 0. The third-order valence-electron chi connectivity index (χ3n) is 5.26. The van der Waals surface area contributed by atoms with Gasteiger partial charge in [-0.1, -0.05) is 12.1 Å². The highest BCUT2D eigenvalue weighted by molar-refractivity contribution is 5.84. The second-order valence-corrected chi connectivity index (χ2v) is 6.23. The highest BCUT2D eigenvalue weighted by atomic mass is 16.5. The molecule has 23 heavy (non-hydrogen) atoms. The average molecular weight is 312 g/mol. The zero-order chi connectivity index (χ0) is 16.8. The van der Waals surface area contributed by atoms with E-state index in [2.05, 4.69) is 26.0 Å². The molecule has 122 valence electrons. The Balaban J connectivity index is 2.42. The molecule has 0 aliphatic heterocycles. The third kappa shape index (κ3) is 2.06. The summed E-state index contributed by atoms with van der Waals surface area (Å²) in [6.07, 6.45) is -0.193. The van der Waals surface area contributed by atoms with Crippen LogP contribution < -0.4 is 11.5 Å². The van der Waals surface area contributed by atoms with E-state index in [1.807, 2.05) is 24.3 Å². The van der Waals surface area contributed by atoms with Gasteiger partial charge < -0.3 is 20.9 Å². The molecule has 1 aliphatic carbocycles. The summed E-state index contributed by atoms with van der Waals surface area (Å²) in [5.41, 5.74) is 17.8. The van der Waals surface area contributed by atoms with Crippen molar-refractivity contribution >= 4 is 11.4 Å². The van der Waals surface area contributed by atoms with E-state index in [1.165, 1.54) is 11.1 Å². The fourth-order valence-electron chi connectivity index (χ4n) is 4.00. The van der Waals surface area contributed by atoms with Crippen molar-refractivity contribution in [1.29, 1.82) is 0 Å². The van der Waals surface area contributed by atoms with Gasteiger partial charge in [0, 0.05) is 25.6 Å². The van der Waals surface area contributed by atoms with Gasteiger partial charge in [0.1, 0.15) is 0 Å². The number of hydrogen-bond acceptors (Lipinski definition) is 4. The number of hydrogen-bond donors (Lipinski definition) is 2. The van der Waals surface area contributed by atoms with Crippen molar-refractivity contribution in [3.05, 3.63) is 47.5 Å². The number of benzene rings is 2. The van der Waals surface area contributed by atoms with E-state index in [0.29, 0.717) is 0 Å². The molecular weight excluding hydrogens is 288 g/mol. The lowest BCUT2D eigenvalue weighted by atomic mass is 9.70. The summed E-state index contributed by atoms with van der Waals surface area (Å²) < 4.78 is 11.6. The highest BCUT2D eigenvalue weighted by Crippen LogP contribution is 2.54. The van der Waals surface area contributed by atoms with Crippen LogP contribution in [0, 0.1) is 0 Å². The number of nitrogen functional groups attached to an aromatic ring is 2. The van der Waals surface area contributed by atoms with Crippen LogP contribution in [0.2, 0.25) is 0 Å². The van der Waals surface area contributed by atoms with E-state index in [1.54, 1.807) is 14.2 Å². The summed E-state index contributed by atoms with van der Waals surface area (Å²) >= 11 is 0. The molecule has 1 aliphatic rings. The lowest BCUT2D eigenvalue weighted by Crippen LogP contribution is -2.48. The van der Waals surface area contributed by atoms with E-state index in [-0.39, 0.29) is 12.2 Å². The normalized spacial score (nSPS) is 17.4. The Hall–Kier alpha value is -2.04. The maximum atomic E-state index is 6.09. The second kappa shape index (κ2) is 5.55. The number of fused-ring (bicyclic) bond motifs is 3. The van der Waals surface area contributed by atoms with Gasteiger partial charge in [-0.05, 0) is 60.4 Å². The minimum Gasteiger partial charge on any atom is -0.399 e. The molecule has 4 N–H and O–H groups in total. The summed E-state index contributed by atoms with van der Waals surface area (Å²) in [7, 11) is 3.45. The Bertz CT molecular complexity index is 679. The first-order valence-corrected chi connectivity index (χ1v) is 7.82. The molecule has 0 saturated carbocycles. The number of anilines is 2. The lowest BCUT2D eigenvalue weighted by Gasteiger charge is -2.41. The maximum absolute atomic E-state index is 6.09. The molecule has 4 heteroatoms. The molecule has 0 saturated heterocycles. The second-order valence-electron chi connectivity index (χ2n) is 6.23. The standard InChI is InChI=1S/C19H24N2O2/c1-11(22-3)19(12(2)23-4)17-9-13(20)5-7-15(17)16-8-6-14(21)10-18(16)19/h5-12H,20-21H2,1-4H3. The van der Waals surface area contributed by atoms with Crippen LogP contribution in [-0.2, 0) is 14.9 Å². The van der Waals surface area contributed by atoms with Gasteiger partial charge in [0.25, 0.3) is 0 Å². The molecule has 0 amide bonds. The monoisotopic (exact) mass is 312 g/mol. The largest absolute Gasteiger partial charge is 0.399 e. The summed E-state index contributed by atoms with van der Waals surface area (Å²) in [6.45, 7) is 4.14. The molecular formula is C19H24N2O2. The third-order valence-corrected chi connectivity index (χ3v) is 5.26.